The molecule has 0 saturated carbocycles. The molecule has 1 unspecified atom stereocenters. The molecule has 3 N–H and O–H groups in total. The first-order valence-electron chi connectivity index (χ1n) is 5.96. The first kappa shape index (κ1) is 13.5. The Morgan fingerprint density at radius 2 is 2.06 bits per heavy atom. The zero-order valence-electron chi connectivity index (χ0n) is 11.1. The maximum atomic E-state index is 12.0. The number of carbonyl (C=O) groups is 1. The molecule has 94 valence electrons. The van der Waals surface area contributed by atoms with E-state index in [1.807, 2.05) is 0 Å². The second-order valence-corrected chi connectivity index (χ2v) is 6.27. The number of nitrogens with zero attached hydrogens (tertiary/aromatic N) is 1. The monoisotopic (exact) mass is 227 g/mol. The topological polar surface area (TPSA) is 58.4 Å². The number of carbonyl (C=O) groups excluding carboxylic acids is 1. The molecule has 0 bridgehead atoms. The number of hydrogen-bond acceptors (Lipinski definition) is 3. The summed E-state index contributed by atoms with van der Waals surface area (Å²) in [4.78, 5) is 14.3. The fourth-order valence-electron chi connectivity index (χ4n) is 2.28. The van der Waals surface area contributed by atoms with Gasteiger partial charge in [0, 0.05) is 17.6 Å². The molecule has 1 aliphatic rings. The third kappa shape index (κ3) is 2.95. The molecule has 0 aromatic heterocycles. The maximum Gasteiger partial charge on any atom is 0.237 e. The van der Waals surface area contributed by atoms with Crippen LogP contribution in [0.2, 0.25) is 0 Å². The molecular weight excluding hydrogens is 202 g/mol. The molecule has 0 spiro atoms. The number of rotatable bonds is 2. The summed E-state index contributed by atoms with van der Waals surface area (Å²) in [6, 6.07) is -0.0852. The Morgan fingerprint density at radius 1 is 1.50 bits per heavy atom. The van der Waals surface area contributed by atoms with Gasteiger partial charge in [-0.3, -0.25) is 9.69 Å². The molecule has 1 saturated heterocycles. The van der Waals surface area contributed by atoms with Gasteiger partial charge in [-0.1, -0.05) is 0 Å². The molecule has 1 atom stereocenters. The molecule has 16 heavy (non-hydrogen) atoms. The maximum absolute atomic E-state index is 12.0. The minimum absolute atomic E-state index is 0.00509. The van der Waals surface area contributed by atoms with Crippen molar-refractivity contribution in [2.45, 2.75) is 58.2 Å². The Bertz CT molecular complexity index is 268. The fraction of sp³-hybridized carbons (Fsp3) is 0.917. The standard InChI is InChI=1S/C12H25N3O/c1-11(2,3)15-8-12(4,5)14-10(16)9(15)6-7-13/h9H,6-8,13H2,1-5H3,(H,14,16). The van der Waals surface area contributed by atoms with E-state index in [1.165, 1.54) is 0 Å². The summed E-state index contributed by atoms with van der Waals surface area (Å²) >= 11 is 0. The van der Waals surface area contributed by atoms with Crippen LogP contribution >= 0.6 is 0 Å². The first-order valence-corrected chi connectivity index (χ1v) is 5.96. The molecule has 1 amide bonds. The molecule has 4 nitrogen and oxygen atoms in total. The van der Waals surface area contributed by atoms with Crippen molar-refractivity contribution in [1.82, 2.24) is 10.2 Å². The van der Waals surface area contributed by atoms with Crippen molar-refractivity contribution in [2.24, 2.45) is 5.73 Å². The summed E-state index contributed by atoms with van der Waals surface area (Å²) in [6.07, 6.45) is 0.721. The van der Waals surface area contributed by atoms with E-state index in [4.69, 9.17) is 5.73 Å². The number of nitrogens with one attached hydrogen (secondary N) is 1. The van der Waals surface area contributed by atoms with Crippen molar-refractivity contribution in [3.63, 3.8) is 0 Å². The van der Waals surface area contributed by atoms with E-state index in [-0.39, 0.29) is 23.0 Å². The Hall–Kier alpha value is -0.610. The van der Waals surface area contributed by atoms with Gasteiger partial charge >= 0.3 is 0 Å². The van der Waals surface area contributed by atoms with Crippen LogP contribution in [0.5, 0.6) is 0 Å². The van der Waals surface area contributed by atoms with Crippen molar-refractivity contribution in [1.29, 1.82) is 0 Å². The molecule has 0 aromatic carbocycles. The average Bonchev–Trinajstić information content (AvgIpc) is 2.06. The summed E-state index contributed by atoms with van der Waals surface area (Å²) in [5.41, 5.74) is 5.43. The number of hydrogen-bond donors (Lipinski definition) is 2. The lowest BCUT2D eigenvalue weighted by Gasteiger charge is -2.49. The zero-order valence-corrected chi connectivity index (χ0v) is 11.1. The molecule has 1 rings (SSSR count). The van der Waals surface area contributed by atoms with Crippen LogP contribution in [0.15, 0.2) is 0 Å². The second kappa shape index (κ2) is 4.34. The van der Waals surface area contributed by atoms with Gasteiger partial charge < -0.3 is 11.1 Å². The van der Waals surface area contributed by atoms with Crippen LogP contribution in [-0.2, 0) is 4.79 Å². The Kier molecular flexibility index (Phi) is 3.65. The lowest BCUT2D eigenvalue weighted by atomic mass is 9.91. The van der Waals surface area contributed by atoms with Crippen molar-refractivity contribution in [3.05, 3.63) is 0 Å². The Labute approximate surface area is 98.6 Å². The van der Waals surface area contributed by atoms with E-state index >= 15 is 0 Å². The summed E-state index contributed by atoms with van der Waals surface area (Å²) < 4.78 is 0. The molecular formula is C12H25N3O. The minimum Gasteiger partial charge on any atom is -0.349 e. The lowest BCUT2D eigenvalue weighted by molar-refractivity contribution is -0.136. The first-order chi connectivity index (χ1) is 7.17. The zero-order chi connectivity index (χ0) is 12.6. The number of amides is 1. The second-order valence-electron chi connectivity index (χ2n) is 6.27. The fourth-order valence-corrected chi connectivity index (χ4v) is 2.28. The summed E-state index contributed by atoms with van der Waals surface area (Å²) in [5, 5.41) is 3.06. The quantitative estimate of drug-likeness (QED) is 0.730. The highest BCUT2D eigenvalue weighted by Gasteiger charge is 2.42. The molecule has 4 heteroatoms. The Morgan fingerprint density at radius 3 is 2.50 bits per heavy atom. The van der Waals surface area contributed by atoms with Crippen LogP contribution in [0.25, 0.3) is 0 Å². The van der Waals surface area contributed by atoms with Gasteiger partial charge in [0.1, 0.15) is 0 Å². The molecule has 0 radical (unpaired) electrons. The van der Waals surface area contributed by atoms with E-state index < -0.39 is 0 Å². The van der Waals surface area contributed by atoms with E-state index in [0.717, 1.165) is 13.0 Å². The van der Waals surface area contributed by atoms with Crippen molar-refractivity contribution in [3.8, 4) is 0 Å². The van der Waals surface area contributed by atoms with Gasteiger partial charge in [0.2, 0.25) is 5.91 Å². The predicted octanol–water partition coefficient (Wildman–Crippen LogP) is 0.713. The lowest BCUT2D eigenvalue weighted by Crippen LogP contribution is -2.68. The highest BCUT2D eigenvalue weighted by Crippen LogP contribution is 2.26. The number of nitrogens with two attached hydrogens (primary N) is 1. The van der Waals surface area contributed by atoms with E-state index in [1.54, 1.807) is 0 Å². The summed E-state index contributed by atoms with van der Waals surface area (Å²) in [5.74, 6) is 0.108. The van der Waals surface area contributed by atoms with Gasteiger partial charge in [-0.2, -0.15) is 0 Å². The predicted molar refractivity (Wildman–Crippen MR) is 66.1 cm³/mol. The van der Waals surface area contributed by atoms with Gasteiger partial charge in [-0.25, -0.2) is 0 Å². The average molecular weight is 227 g/mol. The van der Waals surface area contributed by atoms with Crippen LogP contribution in [0.3, 0.4) is 0 Å². The summed E-state index contributed by atoms with van der Waals surface area (Å²) in [7, 11) is 0. The van der Waals surface area contributed by atoms with E-state index in [2.05, 4.69) is 44.8 Å². The van der Waals surface area contributed by atoms with Gasteiger partial charge in [0.05, 0.1) is 6.04 Å². The highest BCUT2D eigenvalue weighted by molar-refractivity contribution is 5.83. The van der Waals surface area contributed by atoms with Crippen molar-refractivity contribution < 1.29 is 4.79 Å². The highest BCUT2D eigenvalue weighted by atomic mass is 16.2. The molecule has 1 fully saturated rings. The van der Waals surface area contributed by atoms with Crippen molar-refractivity contribution >= 4 is 5.91 Å². The third-order valence-corrected chi connectivity index (χ3v) is 3.01. The molecule has 0 aliphatic carbocycles. The molecule has 1 heterocycles. The van der Waals surface area contributed by atoms with Crippen LogP contribution in [0, 0.1) is 0 Å². The largest absolute Gasteiger partial charge is 0.349 e. The van der Waals surface area contributed by atoms with Gasteiger partial charge in [-0.15, -0.1) is 0 Å². The third-order valence-electron chi connectivity index (χ3n) is 3.01. The van der Waals surface area contributed by atoms with Crippen LogP contribution in [0.4, 0.5) is 0 Å². The smallest absolute Gasteiger partial charge is 0.237 e. The van der Waals surface area contributed by atoms with Crippen LogP contribution in [-0.4, -0.2) is 41.0 Å². The SMILES string of the molecule is CC1(C)CN(C(C)(C)C)C(CCN)C(=O)N1. The molecule has 1 aliphatic heterocycles. The van der Waals surface area contributed by atoms with Crippen LogP contribution < -0.4 is 11.1 Å². The van der Waals surface area contributed by atoms with Gasteiger partial charge in [-0.05, 0) is 47.6 Å². The van der Waals surface area contributed by atoms with E-state index in [9.17, 15) is 4.79 Å². The van der Waals surface area contributed by atoms with E-state index in [0.29, 0.717) is 6.54 Å². The molecule has 0 aromatic rings. The summed E-state index contributed by atoms with van der Waals surface area (Å²) in [6.45, 7) is 12.0. The Balaban J connectivity index is 2.93. The van der Waals surface area contributed by atoms with Gasteiger partial charge in [0.15, 0.2) is 0 Å². The van der Waals surface area contributed by atoms with Crippen molar-refractivity contribution in [2.75, 3.05) is 13.1 Å². The van der Waals surface area contributed by atoms with Crippen LogP contribution in [0.1, 0.15) is 41.0 Å². The minimum atomic E-state index is -0.157. The number of piperazine rings is 1. The normalized spacial score (nSPS) is 26.6. The van der Waals surface area contributed by atoms with Gasteiger partial charge in [0.25, 0.3) is 0 Å².